The van der Waals surface area contributed by atoms with E-state index in [1.54, 1.807) is 0 Å². The highest BCUT2D eigenvalue weighted by molar-refractivity contribution is 5.49. The van der Waals surface area contributed by atoms with Crippen LogP contribution in [0.2, 0.25) is 0 Å². The monoisotopic (exact) mass is 204 g/mol. The maximum Gasteiger partial charge on any atom is 0.321 e. The topological polar surface area (TPSA) is 63.8 Å². The summed E-state index contributed by atoms with van der Waals surface area (Å²) < 4.78 is 4.99. The maximum absolute atomic E-state index is 4.99. The van der Waals surface area contributed by atoms with Crippen molar-refractivity contribution in [3.63, 3.8) is 0 Å². The van der Waals surface area contributed by atoms with Crippen molar-refractivity contribution in [2.24, 2.45) is 0 Å². The van der Waals surface area contributed by atoms with Crippen molar-refractivity contribution in [1.82, 2.24) is 15.1 Å². The molecule has 0 aromatic carbocycles. The Hall–Kier alpha value is -1.91. The molecule has 5 nitrogen and oxygen atoms in total. The van der Waals surface area contributed by atoms with Crippen LogP contribution in [0.5, 0.6) is 0 Å². The van der Waals surface area contributed by atoms with Crippen LogP contribution >= 0.6 is 0 Å². The van der Waals surface area contributed by atoms with Crippen molar-refractivity contribution in [2.45, 2.75) is 13.8 Å². The summed E-state index contributed by atoms with van der Waals surface area (Å²) >= 11 is 0. The van der Waals surface area contributed by atoms with Crippen LogP contribution in [0, 0.1) is 6.92 Å². The molecule has 1 N–H and O–H groups in total. The van der Waals surface area contributed by atoms with E-state index in [4.69, 9.17) is 4.52 Å². The van der Waals surface area contributed by atoms with Gasteiger partial charge in [0.1, 0.15) is 5.69 Å². The van der Waals surface area contributed by atoms with Gasteiger partial charge in [-0.2, -0.15) is 4.98 Å². The number of aryl methyl sites for hydroxylation is 1. The second kappa shape index (κ2) is 4.08. The minimum absolute atomic E-state index is 0.427. The van der Waals surface area contributed by atoms with Crippen LogP contribution in [0.1, 0.15) is 12.6 Å². The number of hydrogen-bond donors (Lipinski definition) is 1. The van der Waals surface area contributed by atoms with Crippen molar-refractivity contribution < 1.29 is 4.52 Å². The minimum Gasteiger partial charge on any atom is -0.338 e. The summed E-state index contributed by atoms with van der Waals surface area (Å²) in [5.41, 5.74) is 1.66. The normalized spacial score (nSPS) is 10.3. The molecule has 0 atom stereocenters. The molecular weight excluding hydrogens is 192 g/mol. The lowest BCUT2D eigenvalue weighted by atomic mass is 10.3. The van der Waals surface area contributed by atoms with E-state index in [0.29, 0.717) is 11.8 Å². The molecule has 15 heavy (non-hydrogen) atoms. The van der Waals surface area contributed by atoms with Gasteiger partial charge in [-0.1, -0.05) is 11.2 Å². The van der Waals surface area contributed by atoms with Crippen LogP contribution in [0.25, 0.3) is 11.5 Å². The zero-order chi connectivity index (χ0) is 10.7. The average Bonchev–Trinajstić information content (AvgIpc) is 2.67. The van der Waals surface area contributed by atoms with E-state index < -0.39 is 0 Å². The fraction of sp³-hybridized carbons (Fsp3) is 0.300. The Labute approximate surface area is 87.5 Å². The van der Waals surface area contributed by atoms with E-state index in [-0.39, 0.29) is 0 Å². The number of nitrogens with one attached hydrogen (secondary N) is 1. The second-order valence-electron chi connectivity index (χ2n) is 3.12. The van der Waals surface area contributed by atoms with Crippen molar-refractivity contribution in [1.29, 1.82) is 0 Å². The third-order valence-electron chi connectivity index (χ3n) is 1.87. The molecule has 2 rings (SSSR count). The summed E-state index contributed by atoms with van der Waals surface area (Å²) in [6.07, 6.45) is 0. The Morgan fingerprint density at radius 2 is 2.20 bits per heavy atom. The first-order valence-corrected chi connectivity index (χ1v) is 4.81. The molecule has 5 heteroatoms. The molecule has 0 radical (unpaired) electrons. The summed E-state index contributed by atoms with van der Waals surface area (Å²) in [4.78, 5) is 8.46. The molecule has 78 valence electrons. The molecule has 2 aromatic heterocycles. The van der Waals surface area contributed by atoms with Crippen LogP contribution in [0.4, 0.5) is 6.01 Å². The largest absolute Gasteiger partial charge is 0.338 e. The van der Waals surface area contributed by atoms with Crippen LogP contribution in [0.3, 0.4) is 0 Å². The van der Waals surface area contributed by atoms with Gasteiger partial charge in [0, 0.05) is 12.2 Å². The first-order chi connectivity index (χ1) is 7.29. The second-order valence-corrected chi connectivity index (χ2v) is 3.12. The predicted molar refractivity (Wildman–Crippen MR) is 56.4 cm³/mol. The van der Waals surface area contributed by atoms with E-state index >= 15 is 0 Å². The fourth-order valence-electron chi connectivity index (χ4n) is 1.22. The van der Waals surface area contributed by atoms with E-state index in [0.717, 1.165) is 17.9 Å². The van der Waals surface area contributed by atoms with E-state index in [1.807, 2.05) is 32.0 Å². The molecule has 2 aromatic rings. The van der Waals surface area contributed by atoms with Gasteiger partial charge in [-0.25, -0.2) is 4.98 Å². The van der Waals surface area contributed by atoms with Crippen molar-refractivity contribution in [3.8, 4) is 11.5 Å². The third-order valence-corrected chi connectivity index (χ3v) is 1.87. The van der Waals surface area contributed by atoms with Gasteiger partial charge in [0.05, 0.1) is 0 Å². The first-order valence-electron chi connectivity index (χ1n) is 4.81. The Morgan fingerprint density at radius 1 is 1.33 bits per heavy atom. The Kier molecular flexibility index (Phi) is 2.62. The molecule has 0 unspecified atom stereocenters. The van der Waals surface area contributed by atoms with Crippen LogP contribution in [-0.2, 0) is 0 Å². The van der Waals surface area contributed by atoms with Gasteiger partial charge in [0.25, 0.3) is 0 Å². The third kappa shape index (κ3) is 2.12. The molecule has 0 saturated carbocycles. The highest BCUT2D eigenvalue weighted by Crippen LogP contribution is 2.15. The first kappa shape index (κ1) is 9.64. The quantitative estimate of drug-likeness (QED) is 0.826. The molecule has 0 aliphatic heterocycles. The smallest absolute Gasteiger partial charge is 0.321 e. The molecular formula is C10H12N4O. The number of pyridine rings is 1. The minimum atomic E-state index is 0.427. The molecule has 0 fully saturated rings. The Bertz CT molecular complexity index is 452. The zero-order valence-corrected chi connectivity index (χ0v) is 8.69. The lowest BCUT2D eigenvalue weighted by Crippen LogP contribution is -1.96. The Morgan fingerprint density at radius 3 is 2.93 bits per heavy atom. The molecule has 0 saturated heterocycles. The van der Waals surface area contributed by atoms with Crippen LogP contribution in [0.15, 0.2) is 22.7 Å². The van der Waals surface area contributed by atoms with E-state index in [2.05, 4.69) is 20.4 Å². The average molecular weight is 204 g/mol. The summed E-state index contributed by atoms with van der Waals surface area (Å²) in [6.45, 7) is 4.65. The Balaban J connectivity index is 2.29. The van der Waals surface area contributed by atoms with Crippen LogP contribution < -0.4 is 5.32 Å². The van der Waals surface area contributed by atoms with Gasteiger partial charge < -0.3 is 9.84 Å². The summed E-state index contributed by atoms with van der Waals surface area (Å²) in [5.74, 6) is 0.509. The number of aromatic nitrogens is 3. The van der Waals surface area contributed by atoms with Crippen LogP contribution in [-0.4, -0.2) is 21.7 Å². The van der Waals surface area contributed by atoms with Gasteiger partial charge in [-0.15, -0.1) is 0 Å². The number of nitrogens with zero attached hydrogens (tertiary/aromatic N) is 3. The van der Waals surface area contributed by atoms with Gasteiger partial charge in [0.2, 0.25) is 5.82 Å². The summed E-state index contributed by atoms with van der Waals surface area (Å²) in [5, 5.41) is 6.78. The maximum atomic E-state index is 4.99. The number of hydrogen-bond acceptors (Lipinski definition) is 5. The fourth-order valence-corrected chi connectivity index (χ4v) is 1.22. The van der Waals surface area contributed by atoms with Crippen molar-refractivity contribution in [3.05, 3.63) is 23.9 Å². The lowest BCUT2D eigenvalue weighted by molar-refractivity contribution is 0.432. The SMILES string of the molecule is CCNc1nc(-c2cccc(C)n2)no1. The van der Waals surface area contributed by atoms with Gasteiger partial charge in [0.15, 0.2) is 0 Å². The van der Waals surface area contributed by atoms with E-state index in [9.17, 15) is 0 Å². The molecule has 0 spiro atoms. The van der Waals surface area contributed by atoms with Gasteiger partial charge in [-0.05, 0) is 26.0 Å². The number of anilines is 1. The van der Waals surface area contributed by atoms with Crippen molar-refractivity contribution >= 4 is 6.01 Å². The molecule has 2 heterocycles. The molecule has 0 bridgehead atoms. The zero-order valence-electron chi connectivity index (χ0n) is 8.69. The highest BCUT2D eigenvalue weighted by Gasteiger charge is 2.08. The predicted octanol–water partition coefficient (Wildman–Crippen LogP) is 1.87. The highest BCUT2D eigenvalue weighted by atomic mass is 16.5. The summed E-state index contributed by atoms with van der Waals surface area (Å²) in [6, 6.07) is 6.12. The standard InChI is InChI=1S/C10H12N4O/c1-3-11-10-13-9(14-15-10)8-6-4-5-7(2)12-8/h4-6H,3H2,1-2H3,(H,11,13,14). The molecule has 0 amide bonds. The van der Waals surface area contributed by atoms with Gasteiger partial charge in [-0.3, -0.25) is 0 Å². The van der Waals surface area contributed by atoms with Crippen molar-refractivity contribution in [2.75, 3.05) is 11.9 Å². The lowest BCUT2D eigenvalue weighted by Gasteiger charge is -1.94. The molecule has 0 aliphatic rings. The van der Waals surface area contributed by atoms with Gasteiger partial charge >= 0.3 is 6.01 Å². The summed E-state index contributed by atoms with van der Waals surface area (Å²) in [7, 11) is 0. The number of rotatable bonds is 3. The van der Waals surface area contributed by atoms with E-state index in [1.165, 1.54) is 0 Å². The molecule has 0 aliphatic carbocycles.